The molecule has 2 aromatic carbocycles. The first-order chi connectivity index (χ1) is 15.0. The highest BCUT2D eigenvalue weighted by Gasteiger charge is 2.25. The van der Waals surface area contributed by atoms with E-state index in [9.17, 15) is 9.00 Å². The van der Waals surface area contributed by atoms with Gasteiger partial charge >= 0.3 is 0 Å². The summed E-state index contributed by atoms with van der Waals surface area (Å²) < 4.78 is 23.6. The van der Waals surface area contributed by atoms with Crippen LogP contribution >= 0.6 is 11.6 Å². The van der Waals surface area contributed by atoms with Crippen LogP contribution in [0.1, 0.15) is 16.3 Å². The number of piperazine rings is 1. The fourth-order valence-corrected chi connectivity index (χ4v) is 5.02. The second-order valence-corrected chi connectivity index (χ2v) is 8.99. The van der Waals surface area contributed by atoms with Gasteiger partial charge in [-0.2, -0.15) is 0 Å². The molecular weight excluding hydrogens is 436 g/mol. The summed E-state index contributed by atoms with van der Waals surface area (Å²) >= 11 is 6.12. The van der Waals surface area contributed by atoms with Gasteiger partial charge in [-0.3, -0.25) is 9.00 Å². The van der Waals surface area contributed by atoms with Crippen molar-refractivity contribution in [2.45, 2.75) is 10.6 Å². The molecule has 1 saturated heterocycles. The first kappa shape index (κ1) is 21.5. The zero-order valence-electron chi connectivity index (χ0n) is 17.1. The Morgan fingerprint density at radius 2 is 1.84 bits per heavy atom. The molecule has 0 aliphatic carbocycles. The third-order valence-corrected chi connectivity index (χ3v) is 7.05. The van der Waals surface area contributed by atoms with E-state index in [0.717, 1.165) is 24.5 Å². The van der Waals surface area contributed by atoms with Gasteiger partial charge in [-0.1, -0.05) is 29.8 Å². The van der Waals surface area contributed by atoms with E-state index in [1.165, 1.54) is 0 Å². The fraction of sp³-hybridized carbons (Fsp3) is 0.261. The zero-order valence-corrected chi connectivity index (χ0v) is 18.7. The van der Waals surface area contributed by atoms with Crippen LogP contribution in [0.2, 0.25) is 5.02 Å². The second-order valence-electron chi connectivity index (χ2n) is 7.17. The van der Waals surface area contributed by atoms with Gasteiger partial charge in [0.15, 0.2) is 5.76 Å². The number of halogens is 1. The number of hydrogen-bond donors (Lipinski definition) is 0. The SMILES string of the molecule is COc1cccc(N2CCN(C(=O)c3ccc(C[S@](=O)c4ccccc4Cl)o3)CC2)c1. The number of ether oxygens (including phenoxy) is 1. The molecule has 1 fully saturated rings. The predicted molar refractivity (Wildman–Crippen MR) is 121 cm³/mol. The summed E-state index contributed by atoms with van der Waals surface area (Å²) in [7, 11) is 0.303. The van der Waals surface area contributed by atoms with Crippen molar-refractivity contribution in [2.75, 3.05) is 38.2 Å². The summed E-state index contributed by atoms with van der Waals surface area (Å²) in [6.07, 6.45) is 0. The Morgan fingerprint density at radius 1 is 1.06 bits per heavy atom. The molecule has 4 rings (SSSR count). The number of methoxy groups -OCH3 is 1. The first-order valence-electron chi connectivity index (χ1n) is 9.95. The van der Waals surface area contributed by atoms with E-state index in [4.69, 9.17) is 20.8 Å². The van der Waals surface area contributed by atoms with Gasteiger partial charge in [-0.05, 0) is 36.4 Å². The summed E-state index contributed by atoms with van der Waals surface area (Å²) in [6, 6.07) is 18.3. The van der Waals surface area contributed by atoms with E-state index in [0.29, 0.717) is 28.8 Å². The van der Waals surface area contributed by atoms with Crippen LogP contribution in [0.15, 0.2) is 70.0 Å². The zero-order chi connectivity index (χ0) is 21.8. The largest absolute Gasteiger partial charge is 0.497 e. The van der Waals surface area contributed by atoms with Crippen LogP contribution in [0.5, 0.6) is 5.75 Å². The van der Waals surface area contributed by atoms with E-state index in [1.54, 1.807) is 48.4 Å². The van der Waals surface area contributed by atoms with Gasteiger partial charge in [0.1, 0.15) is 11.5 Å². The van der Waals surface area contributed by atoms with Crippen LogP contribution in [-0.4, -0.2) is 48.3 Å². The standard InChI is InChI=1S/C23H23ClN2O4S/c1-29-18-6-4-5-17(15-18)25-11-13-26(14-12-25)23(27)21-10-9-19(30-21)16-31(28)22-8-3-2-7-20(22)24/h2-10,15H,11-14,16H2,1H3/t31-/m0/s1. The van der Waals surface area contributed by atoms with Crippen LogP contribution in [0.4, 0.5) is 5.69 Å². The fourth-order valence-electron chi connectivity index (χ4n) is 3.54. The van der Waals surface area contributed by atoms with Gasteiger partial charge < -0.3 is 19.0 Å². The average molecular weight is 459 g/mol. The van der Waals surface area contributed by atoms with E-state index in [-0.39, 0.29) is 17.4 Å². The van der Waals surface area contributed by atoms with Crippen molar-refractivity contribution >= 4 is 34.0 Å². The summed E-state index contributed by atoms with van der Waals surface area (Å²) in [4.78, 5) is 17.4. The Hall–Kier alpha value is -2.77. The number of amides is 1. The molecule has 1 atom stereocenters. The monoisotopic (exact) mass is 458 g/mol. The molecule has 1 aromatic heterocycles. The highest BCUT2D eigenvalue weighted by molar-refractivity contribution is 7.84. The Balaban J connectivity index is 1.36. The van der Waals surface area contributed by atoms with Gasteiger partial charge in [-0.15, -0.1) is 0 Å². The number of nitrogens with zero attached hydrogens (tertiary/aromatic N) is 2. The maximum absolute atomic E-state index is 12.9. The molecule has 1 amide bonds. The minimum Gasteiger partial charge on any atom is -0.497 e. The van der Waals surface area contributed by atoms with Crippen molar-refractivity contribution in [1.29, 1.82) is 0 Å². The normalized spacial score (nSPS) is 15.0. The van der Waals surface area contributed by atoms with Crippen LogP contribution in [-0.2, 0) is 16.6 Å². The number of carbonyl (C=O) groups excluding carboxylic acids is 1. The van der Waals surface area contributed by atoms with Crippen LogP contribution in [0, 0.1) is 0 Å². The Kier molecular flexibility index (Phi) is 6.63. The maximum Gasteiger partial charge on any atom is 0.289 e. The molecule has 0 bridgehead atoms. The number of benzene rings is 2. The summed E-state index contributed by atoms with van der Waals surface area (Å²) in [5.74, 6) is 1.59. The molecule has 0 radical (unpaired) electrons. The first-order valence-corrected chi connectivity index (χ1v) is 11.6. The molecule has 31 heavy (non-hydrogen) atoms. The third kappa shape index (κ3) is 4.94. The van der Waals surface area contributed by atoms with E-state index < -0.39 is 10.8 Å². The van der Waals surface area contributed by atoms with Crippen molar-refractivity contribution < 1.29 is 18.2 Å². The van der Waals surface area contributed by atoms with Gasteiger partial charge in [0.2, 0.25) is 0 Å². The Labute approximate surface area is 188 Å². The number of carbonyl (C=O) groups is 1. The molecule has 1 aliphatic heterocycles. The lowest BCUT2D eigenvalue weighted by Crippen LogP contribution is -2.48. The van der Waals surface area contributed by atoms with Crippen LogP contribution in [0.3, 0.4) is 0 Å². The van der Waals surface area contributed by atoms with Crippen molar-refractivity contribution in [3.8, 4) is 5.75 Å². The second kappa shape index (κ2) is 9.58. The van der Waals surface area contributed by atoms with Gasteiger partial charge in [0.05, 0.1) is 33.6 Å². The van der Waals surface area contributed by atoms with Crippen LogP contribution in [0.25, 0.3) is 0 Å². The van der Waals surface area contributed by atoms with Crippen molar-refractivity contribution in [3.63, 3.8) is 0 Å². The third-order valence-electron chi connectivity index (χ3n) is 5.21. The molecule has 2 heterocycles. The minimum atomic E-state index is -1.35. The molecular formula is C23H23ClN2O4S. The smallest absolute Gasteiger partial charge is 0.289 e. The molecule has 8 heteroatoms. The summed E-state index contributed by atoms with van der Waals surface area (Å²) in [5.41, 5.74) is 1.08. The molecule has 1 aliphatic rings. The van der Waals surface area contributed by atoms with Crippen LogP contribution < -0.4 is 9.64 Å². The molecule has 0 saturated carbocycles. The number of furan rings is 1. The topological polar surface area (TPSA) is 63.0 Å². The van der Waals surface area contributed by atoms with E-state index in [2.05, 4.69) is 4.90 Å². The van der Waals surface area contributed by atoms with Crippen molar-refractivity contribution in [1.82, 2.24) is 4.90 Å². The molecule has 0 spiro atoms. The van der Waals surface area contributed by atoms with Gasteiger partial charge in [-0.25, -0.2) is 0 Å². The Bertz CT molecular complexity index is 1090. The number of hydrogen-bond acceptors (Lipinski definition) is 5. The maximum atomic E-state index is 12.9. The molecule has 6 nitrogen and oxygen atoms in total. The quantitative estimate of drug-likeness (QED) is 0.553. The molecule has 0 unspecified atom stereocenters. The molecule has 3 aromatic rings. The van der Waals surface area contributed by atoms with Crippen molar-refractivity contribution in [2.24, 2.45) is 0 Å². The lowest BCUT2D eigenvalue weighted by Gasteiger charge is -2.35. The van der Waals surface area contributed by atoms with E-state index >= 15 is 0 Å². The lowest BCUT2D eigenvalue weighted by molar-refractivity contribution is 0.0713. The average Bonchev–Trinajstić information content (AvgIpc) is 3.27. The van der Waals surface area contributed by atoms with Gasteiger partial charge in [0.25, 0.3) is 5.91 Å². The summed E-state index contributed by atoms with van der Waals surface area (Å²) in [5, 5.41) is 0.456. The highest BCUT2D eigenvalue weighted by Crippen LogP contribution is 2.24. The van der Waals surface area contributed by atoms with Crippen molar-refractivity contribution in [3.05, 3.63) is 77.2 Å². The highest BCUT2D eigenvalue weighted by atomic mass is 35.5. The van der Waals surface area contributed by atoms with Gasteiger partial charge in [0, 0.05) is 37.9 Å². The Morgan fingerprint density at radius 3 is 2.58 bits per heavy atom. The predicted octanol–water partition coefficient (Wildman–Crippen LogP) is 4.21. The minimum absolute atomic E-state index is 0.153. The lowest BCUT2D eigenvalue weighted by atomic mass is 10.2. The van der Waals surface area contributed by atoms with E-state index in [1.807, 2.05) is 24.3 Å². The molecule has 162 valence electrons. The molecule has 0 N–H and O–H groups in total. The number of anilines is 1. The number of rotatable bonds is 6. The summed E-state index contributed by atoms with van der Waals surface area (Å²) in [6.45, 7) is 2.64.